The molecule has 42 valence electrons. The molecule has 0 bridgehead atoms. The molecule has 0 atom stereocenters. The Morgan fingerprint density at radius 3 is 1.43 bits per heavy atom. The summed E-state index contributed by atoms with van der Waals surface area (Å²) >= 11 is 9.99. The van der Waals surface area contributed by atoms with Crippen LogP contribution in [0.4, 0.5) is 0 Å². The van der Waals surface area contributed by atoms with Crippen molar-refractivity contribution in [3.63, 3.8) is 0 Å². The van der Waals surface area contributed by atoms with Crippen molar-refractivity contribution in [2.75, 3.05) is 12.1 Å². The third-order valence-corrected chi connectivity index (χ3v) is 0.463. The van der Waals surface area contributed by atoms with Crippen LogP contribution < -0.4 is 0 Å². The molecule has 0 spiro atoms. The van der Waals surface area contributed by atoms with Crippen molar-refractivity contribution in [2.45, 2.75) is 0 Å². The predicted molar refractivity (Wildman–Crippen MR) is 29.8 cm³/mol. The number of hydrogen-bond donors (Lipinski definition) is 0. The Morgan fingerprint density at radius 2 is 1.43 bits per heavy atom. The van der Waals surface area contributed by atoms with Gasteiger partial charge in [0.2, 0.25) is 0 Å². The summed E-state index contributed by atoms with van der Waals surface area (Å²) in [7, 11) is 0. The van der Waals surface area contributed by atoms with E-state index in [2.05, 4.69) is 4.74 Å². The minimum Gasteiger partial charge on any atom is -0.350 e. The van der Waals surface area contributed by atoms with Crippen molar-refractivity contribution in [3.8, 4) is 0 Å². The third kappa shape index (κ3) is 18.6. The smallest absolute Gasteiger partial charge is 0.122 e. The summed E-state index contributed by atoms with van der Waals surface area (Å²) in [6.45, 7) is 0. The van der Waals surface area contributed by atoms with E-state index in [-0.39, 0.29) is 44.0 Å². The molecule has 0 aliphatic heterocycles. The van der Waals surface area contributed by atoms with Crippen LogP contribution in [0.15, 0.2) is 0 Å². The first-order valence-electron chi connectivity index (χ1n) is 1.11. The van der Waals surface area contributed by atoms with Crippen LogP contribution >= 0.6 is 35.6 Å². The molecule has 0 unspecified atom stereocenters. The molecule has 0 aromatic rings. The Labute approximate surface area is 71.9 Å². The number of ether oxygens (including phenoxy) is 1. The summed E-state index contributed by atoms with van der Waals surface area (Å²) in [6.07, 6.45) is 0. The summed E-state index contributed by atoms with van der Waals surface area (Å²) in [6, 6.07) is 0.368. The quantitative estimate of drug-likeness (QED) is 0.506. The Morgan fingerprint density at radius 1 is 1.14 bits per heavy atom. The van der Waals surface area contributed by atoms with Gasteiger partial charge in [0.1, 0.15) is 12.1 Å². The van der Waals surface area contributed by atoms with Crippen LogP contribution in [0.3, 0.4) is 0 Å². The van der Waals surface area contributed by atoms with Crippen molar-refractivity contribution in [2.24, 2.45) is 0 Å². The van der Waals surface area contributed by atoms with Gasteiger partial charge >= 0.3 is 0 Å². The topological polar surface area (TPSA) is 9.23 Å². The molecule has 0 amide bonds. The van der Waals surface area contributed by atoms with E-state index in [4.69, 9.17) is 23.2 Å². The first-order valence-corrected chi connectivity index (χ1v) is 2.18. The van der Waals surface area contributed by atoms with E-state index in [9.17, 15) is 0 Å². The molecular formula is C2H5Cl3OZn. The summed E-state index contributed by atoms with van der Waals surface area (Å²) in [4.78, 5) is 0. The SMILES string of the molecule is Cl.ClCOCCl.[Zn]. The zero-order chi connectivity index (χ0) is 4.12. The summed E-state index contributed by atoms with van der Waals surface area (Å²) < 4.78 is 4.36. The van der Waals surface area contributed by atoms with Gasteiger partial charge in [-0.15, -0.1) is 12.4 Å². The zero-order valence-corrected chi connectivity index (χ0v) is 8.99. The van der Waals surface area contributed by atoms with Gasteiger partial charge in [-0.25, -0.2) is 0 Å². The van der Waals surface area contributed by atoms with Crippen LogP contribution in [0.2, 0.25) is 0 Å². The minimum atomic E-state index is 0. The van der Waals surface area contributed by atoms with Crippen molar-refractivity contribution < 1.29 is 24.2 Å². The minimum absolute atomic E-state index is 0. The molecule has 0 fully saturated rings. The van der Waals surface area contributed by atoms with Gasteiger partial charge in [0.15, 0.2) is 0 Å². The molecule has 0 rings (SSSR count). The van der Waals surface area contributed by atoms with Gasteiger partial charge in [-0.1, -0.05) is 23.2 Å². The number of alkyl halides is 2. The molecule has 5 heteroatoms. The summed E-state index contributed by atoms with van der Waals surface area (Å²) in [5.41, 5.74) is 0. The maximum atomic E-state index is 4.99. The van der Waals surface area contributed by atoms with E-state index in [0.717, 1.165) is 0 Å². The van der Waals surface area contributed by atoms with E-state index < -0.39 is 0 Å². The van der Waals surface area contributed by atoms with Gasteiger partial charge in [0, 0.05) is 19.5 Å². The average molecular weight is 217 g/mol. The van der Waals surface area contributed by atoms with Gasteiger partial charge in [0.05, 0.1) is 0 Å². The van der Waals surface area contributed by atoms with E-state index in [1.807, 2.05) is 0 Å². The number of rotatable bonds is 2. The van der Waals surface area contributed by atoms with Crippen LogP contribution in [0.1, 0.15) is 0 Å². The van der Waals surface area contributed by atoms with E-state index >= 15 is 0 Å². The second kappa shape index (κ2) is 15.7. The van der Waals surface area contributed by atoms with Gasteiger partial charge in [0.25, 0.3) is 0 Å². The van der Waals surface area contributed by atoms with E-state index in [1.165, 1.54) is 0 Å². The molecule has 0 aliphatic rings. The third-order valence-electron chi connectivity index (χ3n) is 0.154. The maximum Gasteiger partial charge on any atom is 0.122 e. The van der Waals surface area contributed by atoms with Gasteiger partial charge in [-0.05, 0) is 0 Å². The zero-order valence-electron chi connectivity index (χ0n) is 3.69. The molecule has 0 saturated heterocycles. The fraction of sp³-hybridized carbons (Fsp3) is 1.00. The Bertz CT molecular complexity index is 20.4. The molecule has 0 aromatic heterocycles. The van der Waals surface area contributed by atoms with Crippen LogP contribution in [-0.2, 0) is 24.2 Å². The predicted octanol–water partition coefficient (Wildman–Crippen LogP) is 1.81. The van der Waals surface area contributed by atoms with E-state index in [1.54, 1.807) is 0 Å². The average Bonchev–Trinajstić information content (AvgIpc) is 1.41. The molecule has 0 aliphatic carbocycles. The first-order chi connectivity index (χ1) is 2.41. The molecule has 0 radical (unpaired) electrons. The monoisotopic (exact) mass is 214 g/mol. The molecule has 0 heterocycles. The van der Waals surface area contributed by atoms with Crippen LogP contribution in [0.25, 0.3) is 0 Å². The Hall–Kier alpha value is 1.45. The Balaban J connectivity index is -0.0000000800. The van der Waals surface area contributed by atoms with Crippen molar-refractivity contribution in [3.05, 3.63) is 0 Å². The van der Waals surface area contributed by atoms with Crippen LogP contribution in [-0.4, -0.2) is 12.1 Å². The second-order valence-corrected chi connectivity index (χ2v) is 0.859. The molecule has 1 nitrogen and oxygen atoms in total. The fourth-order valence-corrected chi connectivity index (χ4v) is 0.262. The van der Waals surface area contributed by atoms with Crippen molar-refractivity contribution >= 4 is 35.6 Å². The van der Waals surface area contributed by atoms with Crippen LogP contribution in [0.5, 0.6) is 0 Å². The van der Waals surface area contributed by atoms with Gasteiger partial charge in [-0.2, -0.15) is 0 Å². The van der Waals surface area contributed by atoms with Gasteiger partial charge < -0.3 is 4.74 Å². The molecule has 0 aromatic carbocycles. The van der Waals surface area contributed by atoms with Crippen LogP contribution in [0, 0.1) is 0 Å². The maximum absolute atomic E-state index is 4.99. The normalized spacial score (nSPS) is 6.00. The summed E-state index contributed by atoms with van der Waals surface area (Å²) in [5.74, 6) is 0. The largest absolute Gasteiger partial charge is 0.350 e. The van der Waals surface area contributed by atoms with Gasteiger partial charge in [-0.3, -0.25) is 0 Å². The first kappa shape index (κ1) is 15.8. The fourth-order valence-electron chi connectivity index (χ4n) is 0.0292. The molecule has 0 N–H and O–H groups in total. The second-order valence-electron chi connectivity index (χ2n) is 0.422. The van der Waals surface area contributed by atoms with Crippen molar-refractivity contribution in [1.29, 1.82) is 0 Å². The number of halogens is 3. The molecular weight excluding hydrogens is 212 g/mol. The summed E-state index contributed by atoms with van der Waals surface area (Å²) in [5, 5.41) is 0. The Kier molecular flexibility index (Phi) is 35.3. The van der Waals surface area contributed by atoms with E-state index in [0.29, 0.717) is 0 Å². The molecule has 7 heavy (non-hydrogen) atoms. The number of hydrogen-bond acceptors (Lipinski definition) is 1. The standard InChI is InChI=1S/C2H4Cl2O.ClH.Zn/c3-1-5-2-4;;/h1-2H2;1H;. The van der Waals surface area contributed by atoms with Crippen molar-refractivity contribution in [1.82, 2.24) is 0 Å². The molecule has 0 saturated carbocycles.